The molecule has 1 aliphatic carbocycles. The molecule has 1 saturated heterocycles. The maximum absolute atomic E-state index is 13.2. The Morgan fingerprint density at radius 1 is 1.17 bits per heavy atom. The number of rotatable bonds is 7. The molecule has 2 aromatic rings. The molecular weight excluding hydrogens is 385 g/mol. The smallest absolute Gasteiger partial charge is 0.229 e. The highest BCUT2D eigenvalue weighted by atomic mass is 19.1. The molecule has 2 N–H and O–H groups in total. The van der Waals surface area contributed by atoms with E-state index in [-0.39, 0.29) is 12.4 Å². The van der Waals surface area contributed by atoms with Gasteiger partial charge in [-0.1, -0.05) is 0 Å². The second-order valence-corrected chi connectivity index (χ2v) is 7.63. The zero-order valence-corrected chi connectivity index (χ0v) is 17.1. The number of nitrogens with one attached hydrogen (secondary N) is 1. The van der Waals surface area contributed by atoms with Crippen LogP contribution in [0, 0.1) is 17.1 Å². The molecular formula is C21H26FN7O. The SMILES string of the molecule is CN(c1nc(NCCO)c(C#N)c(N2CCN(c3ccc(F)cc3)CC2)n1)C1CC1. The van der Waals surface area contributed by atoms with E-state index < -0.39 is 0 Å². The van der Waals surface area contributed by atoms with Gasteiger partial charge in [0.25, 0.3) is 0 Å². The number of halogens is 1. The molecule has 9 heteroatoms. The van der Waals surface area contributed by atoms with Crippen LogP contribution in [-0.2, 0) is 0 Å². The third kappa shape index (κ3) is 4.24. The molecule has 2 fully saturated rings. The van der Waals surface area contributed by atoms with Crippen molar-refractivity contribution < 1.29 is 9.50 Å². The van der Waals surface area contributed by atoms with E-state index in [0.29, 0.717) is 48.8 Å². The topological polar surface area (TPSA) is 91.5 Å². The summed E-state index contributed by atoms with van der Waals surface area (Å²) in [7, 11) is 1.98. The van der Waals surface area contributed by atoms with Gasteiger partial charge in [-0.15, -0.1) is 0 Å². The minimum absolute atomic E-state index is 0.0473. The third-order valence-electron chi connectivity index (χ3n) is 5.58. The van der Waals surface area contributed by atoms with Crippen LogP contribution >= 0.6 is 0 Å². The molecule has 8 nitrogen and oxygen atoms in total. The molecule has 158 valence electrons. The molecule has 2 heterocycles. The first-order chi connectivity index (χ1) is 14.6. The van der Waals surface area contributed by atoms with E-state index in [1.165, 1.54) is 12.1 Å². The lowest BCUT2D eigenvalue weighted by Crippen LogP contribution is -2.47. The fourth-order valence-corrected chi connectivity index (χ4v) is 3.68. The van der Waals surface area contributed by atoms with E-state index in [2.05, 4.69) is 31.1 Å². The summed E-state index contributed by atoms with van der Waals surface area (Å²) in [6, 6.07) is 9.20. The number of nitrogens with zero attached hydrogens (tertiary/aromatic N) is 6. The summed E-state index contributed by atoms with van der Waals surface area (Å²) in [5.41, 5.74) is 1.38. The zero-order valence-electron chi connectivity index (χ0n) is 17.1. The van der Waals surface area contributed by atoms with Crippen LogP contribution in [0.2, 0.25) is 0 Å². The average Bonchev–Trinajstić information content (AvgIpc) is 3.62. The van der Waals surface area contributed by atoms with Gasteiger partial charge in [0.1, 0.15) is 17.4 Å². The lowest BCUT2D eigenvalue weighted by molar-refractivity contribution is 0.311. The van der Waals surface area contributed by atoms with Crippen LogP contribution in [0.4, 0.5) is 27.7 Å². The van der Waals surface area contributed by atoms with Crippen LogP contribution in [0.5, 0.6) is 0 Å². The van der Waals surface area contributed by atoms with E-state index in [9.17, 15) is 14.8 Å². The second-order valence-electron chi connectivity index (χ2n) is 7.63. The normalized spacial score (nSPS) is 16.3. The Morgan fingerprint density at radius 3 is 2.43 bits per heavy atom. The largest absolute Gasteiger partial charge is 0.395 e. The standard InChI is InChI=1S/C21H26FN7O/c1-27(16-6-7-16)21-25-19(24-8-13-30)18(14-23)20(26-21)29-11-9-28(10-12-29)17-4-2-15(22)3-5-17/h2-5,16,30H,6-13H2,1H3,(H,24,25,26). The molecule has 2 aliphatic rings. The number of hydrogen-bond donors (Lipinski definition) is 2. The summed E-state index contributed by atoms with van der Waals surface area (Å²) in [4.78, 5) is 15.7. The monoisotopic (exact) mass is 411 g/mol. The summed E-state index contributed by atoms with van der Waals surface area (Å²) < 4.78 is 13.2. The Labute approximate surface area is 175 Å². The zero-order chi connectivity index (χ0) is 21.1. The van der Waals surface area contributed by atoms with Gasteiger partial charge >= 0.3 is 0 Å². The minimum Gasteiger partial charge on any atom is -0.395 e. The summed E-state index contributed by atoms with van der Waals surface area (Å²) in [6.45, 7) is 3.13. The summed E-state index contributed by atoms with van der Waals surface area (Å²) >= 11 is 0. The summed E-state index contributed by atoms with van der Waals surface area (Å²) in [5, 5.41) is 22.1. The first-order valence-electron chi connectivity index (χ1n) is 10.3. The number of piperazine rings is 1. The van der Waals surface area contributed by atoms with Crippen LogP contribution in [0.25, 0.3) is 0 Å². The van der Waals surface area contributed by atoms with Gasteiger partial charge < -0.3 is 25.1 Å². The Balaban J connectivity index is 1.58. The second kappa shape index (κ2) is 8.71. The van der Waals surface area contributed by atoms with Crippen LogP contribution in [0.3, 0.4) is 0 Å². The van der Waals surface area contributed by atoms with Crippen molar-refractivity contribution in [3.8, 4) is 6.07 Å². The van der Waals surface area contributed by atoms with Gasteiger partial charge in [-0.05, 0) is 37.1 Å². The number of nitriles is 1. The van der Waals surface area contributed by atoms with Gasteiger partial charge in [-0.25, -0.2) is 4.39 Å². The van der Waals surface area contributed by atoms with Crippen LogP contribution in [0.15, 0.2) is 24.3 Å². The van der Waals surface area contributed by atoms with Crippen molar-refractivity contribution in [1.29, 1.82) is 5.26 Å². The molecule has 1 aromatic heterocycles. The van der Waals surface area contributed by atoms with E-state index >= 15 is 0 Å². The quantitative estimate of drug-likeness (QED) is 0.713. The number of aromatic nitrogens is 2. The molecule has 0 radical (unpaired) electrons. The Kier molecular flexibility index (Phi) is 5.86. The number of aliphatic hydroxyl groups excluding tert-OH is 1. The van der Waals surface area contributed by atoms with Crippen molar-refractivity contribution in [3.63, 3.8) is 0 Å². The van der Waals surface area contributed by atoms with Crippen molar-refractivity contribution in [2.24, 2.45) is 0 Å². The van der Waals surface area contributed by atoms with Crippen molar-refractivity contribution >= 4 is 23.3 Å². The third-order valence-corrected chi connectivity index (χ3v) is 5.58. The highest BCUT2D eigenvalue weighted by Crippen LogP contribution is 2.33. The molecule has 1 aliphatic heterocycles. The summed E-state index contributed by atoms with van der Waals surface area (Å²) in [5.74, 6) is 1.43. The lowest BCUT2D eigenvalue weighted by Gasteiger charge is -2.37. The van der Waals surface area contributed by atoms with Gasteiger partial charge in [-0.2, -0.15) is 15.2 Å². The van der Waals surface area contributed by atoms with Gasteiger partial charge in [0, 0.05) is 51.5 Å². The predicted octanol–water partition coefficient (Wildman–Crippen LogP) is 1.82. The highest BCUT2D eigenvalue weighted by molar-refractivity contribution is 5.68. The molecule has 30 heavy (non-hydrogen) atoms. The van der Waals surface area contributed by atoms with Crippen LogP contribution in [-0.4, -0.2) is 67.5 Å². The Bertz CT molecular complexity index is 918. The fraction of sp³-hybridized carbons (Fsp3) is 0.476. The average molecular weight is 411 g/mol. The molecule has 0 bridgehead atoms. The lowest BCUT2D eigenvalue weighted by atomic mass is 10.2. The van der Waals surface area contributed by atoms with Gasteiger partial charge in [0.15, 0.2) is 11.6 Å². The van der Waals surface area contributed by atoms with Crippen molar-refractivity contribution in [3.05, 3.63) is 35.6 Å². The molecule has 0 spiro atoms. The first kappa shape index (κ1) is 20.2. The van der Waals surface area contributed by atoms with Gasteiger partial charge in [0.2, 0.25) is 5.95 Å². The Hall–Kier alpha value is -3.12. The number of anilines is 4. The molecule has 0 amide bonds. The maximum Gasteiger partial charge on any atom is 0.229 e. The molecule has 4 rings (SSSR count). The van der Waals surface area contributed by atoms with E-state index in [1.807, 2.05) is 7.05 Å². The molecule has 0 atom stereocenters. The highest BCUT2D eigenvalue weighted by Gasteiger charge is 2.30. The van der Waals surface area contributed by atoms with Crippen LogP contribution in [0.1, 0.15) is 18.4 Å². The van der Waals surface area contributed by atoms with E-state index in [4.69, 9.17) is 4.98 Å². The van der Waals surface area contributed by atoms with Gasteiger partial charge in [0.05, 0.1) is 6.61 Å². The van der Waals surface area contributed by atoms with Crippen LogP contribution < -0.4 is 20.0 Å². The molecule has 1 saturated carbocycles. The minimum atomic E-state index is -0.243. The van der Waals surface area contributed by atoms with Crippen molar-refractivity contribution in [2.75, 3.05) is 66.4 Å². The van der Waals surface area contributed by atoms with Crippen molar-refractivity contribution in [1.82, 2.24) is 9.97 Å². The van der Waals surface area contributed by atoms with E-state index in [1.54, 1.807) is 12.1 Å². The fourth-order valence-electron chi connectivity index (χ4n) is 3.68. The Morgan fingerprint density at radius 2 is 1.83 bits per heavy atom. The van der Waals surface area contributed by atoms with Crippen molar-refractivity contribution in [2.45, 2.75) is 18.9 Å². The predicted molar refractivity (Wildman–Crippen MR) is 115 cm³/mol. The first-order valence-corrected chi connectivity index (χ1v) is 10.3. The van der Waals surface area contributed by atoms with Gasteiger partial charge in [-0.3, -0.25) is 0 Å². The number of hydrogen-bond acceptors (Lipinski definition) is 8. The number of benzene rings is 1. The van der Waals surface area contributed by atoms with E-state index in [0.717, 1.165) is 31.6 Å². The summed E-state index contributed by atoms with van der Waals surface area (Å²) in [6.07, 6.45) is 2.23. The molecule has 0 unspecified atom stereocenters. The number of aliphatic hydroxyl groups is 1. The molecule has 1 aromatic carbocycles. The maximum atomic E-state index is 13.2.